The number of phenols is 1. The summed E-state index contributed by atoms with van der Waals surface area (Å²) < 4.78 is 0. The first kappa shape index (κ1) is 28.2. The summed E-state index contributed by atoms with van der Waals surface area (Å²) in [5.74, 6) is -13.7. The highest BCUT2D eigenvalue weighted by Crippen LogP contribution is 2.54. The topological polar surface area (TPSA) is 192 Å². The Morgan fingerprint density at radius 1 is 1.00 bits per heavy atom. The lowest BCUT2D eigenvalue weighted by Gasteiger charge is -2.55. The number of likely N-dealkylation sites (N-methyl/N-ethyl adjacent to an activating group) is 1. The molecule has 0 radical (unpaired) electrons. The average molecular weight is 561 g/mol. The minimum Gasteiger partial charge on any atom is -0.507 e. The average Bonchev–Trinajstić information content (AvgIpc) is 2.90. The van der Waals surface area contributed by atoms with Crippen molar-refractivity contribution >= 4 is 46.5 Å². The molecule has 2 unspecified atom stereocenters. The molecule has 3 aliphatic rings. The molecule has 11 heteroatoms. The van der Waals surface area contributed by atoms with E-state index >= 15 is 0 Å². The Morgan fingerprint density at radius 3 is 2.20 bits per heavy atom. The Bertz CT molecular complexity index is 1570. The molecule has 2 aromatic rings. The molecule has 0 saturated heterocycles. The van der Waals surface area contributed by atoms with E-state index in [1.165, 1.54) is 44.1 Å². The van der Waals surface area contributed by atoms with E-state index < -0.39 is 76.2 Å². The van der Waals surface area contributed by atoms with Crippen LogP contribution in [0.2, 0.25) is 0 Å². The fraction of sp³-hybridized carbons (Fsp3) is 0.333. The van der Waals surface area contributed by atoms with Crippen molar-refractivity contribution in [2.24, 2.45) is 29.4 Å². The number of primary amides is 1. The molecule has 1 amide bonds. The Balaban J connectivity index is 1.77. The zero-order valence-electron chi connectivity index (χ0n) is 22.4. The molecule has 2 fully saturated rings. The van der Waals surface area contributed by atoms with Crippen LogP contribution in [0.4, 0.5) is 0 Å². The van der Waals surface area contributed by atoms with E-state index in [1.807, 2.05) is 0 Å². The van der Waals surface area contributed by atoms with Crippen LogP contribution in [0.3, 0.4) is 0 Å². The molecule has 212 valence electrons. The number of aliphatic hydroxyl groups excluding tert-OH is 1. The number of phenolic OH excluding ortho intramolecular Hbond substituents is 1. The second-order valence-electron chi connectivity index (χ2n) is 11.0. The molecule has 0 spiro atoms. The summed E-state index contributed by atoms with van der Waals surface area (Å²) in [7, 11) is 2.85. The van der Waals surface area contributed by atoms with E-state index in [0.29, 0.717) is 11.1 Å². The van der Waals surface area contributed by atoms with Crippen LogP contribution >= 0.6 is 0 Å². The van der Waals surface area contributed by atoms with E-state index in [-0.39, 0.29) is 22.5 Å². The highest BCUT2D eigenvalue weighted by molar-refractivity contribution is 6.33. The Hall–Kier alpha value is -4.32. The molecule has 0 bridgehead atoms. The number of carbonyl (C=O) groups is 6. The lowest BCUT2D eigenvalue weighted by Crippen LogP contribution is -2.77. The predicted molar refractivity (Wildman–Crippen MR) is 143 cm³/mol. The third-order valence-electron chi connectivity index (χ3n) is 8.51. The molecule has 11 nitrogen and oxygen atoms in total. The van der Waals surface area contributed by atoms with Crippen LogP contribution in [0.5, 0.6) is 5.75 Å². The van der Waals surface area contributed by atoms with Crippen molar-refractivity contribution in [3.8, 4) is 5.75 Å². The van der Waals surface area contributed by atoms with Crippen molar-refractivity contribution in [2.75, 3.05) is 14.1 Å². The van der Waals surface area contributed by atoms with Gasteiger partial charge in [0.05, 0.1) is 29.5 Å². The van der Waals surface area contributed by atoms with Gasteiger partial charge in [0.2, 0.25) is 5.91 Å². The number of rotatable bonds is 4. The number of aliphatic hydroxyl groups is 2. The van der Waals surface area contributed by atoms with Gasteiger partial charge in [-0.2, -0.15) is 0 Å². The molecular formula is C30H28N2O9. The number of ketones is 5. The van der Waals surface area contributed by atoms with Crippen molar-refractivity contribution in [3.05, 3.63) is 64.7 Å². The number of nitrogens with zero attached hydrogens (tertiary/aromatic N) is 1. The Morgan fingerprint density at radius 2 is 1.63 bits per heavy atom. The summed E-state index contributed by atoms with van der Waals surface area (Å²) in [4.78, 5) is 80.0. The molecule has 0 heterocycles. The summed E-state index contributed by atoms with van der Waals surface area (Å²) in [6, 6.07) is 9.18. The molecule has 0 aromatic heterocycles. The van der Waals surface area contributed by atoms with Crippen molar-refractivity contribution in [2.45, 2.75) is 24.7 Å². The van der Waals surface area contributed by atoms with Crippen LogP contribution in [-0.4, -0.2) is 86.9 Å². The van der Waals surface area contributed by atoms with Gasteiger partial charge in [-0.25, -0.2) is 0 Å². The summed E-state index contributed by atoms with van der Waals surface area (Å²) in [5, 5.41) is 34.3. The lowest BCUT2D eigenvalue weighted by atomic mass is 9.50. The second-order valence-corrected chi connectivity index (χ2v) is 11.0. The smallest absolute Gasteiger partial charge is 0.235 e. The zero-order chi connectivity index (χ0) is 30.1. The molecular weight excluding hydrogens is 532 g/mol. The number of benzene rings is 2. The number of aromatic hydroxyl groups is 1. The van der Waals surface area contributed by atoms with Crippen LogP contribution < -0.4 is 5.73 Å². The Labute approximate surface area is 234 Å². The molecule has 7 atom stereocenters. The van der Waals surface area contributed by atoms with E-state index in [1.54, 1.807) is 30.3 Å². The number of hydrogen-bond donors (Lipinski definition) is 4. The first-order valence-corrected chi connectivity index (χ1v) is 12.9. The zero-order valence-corrected chi connectivity index (χ0v) is 22.4. The molecule has 2 saturated carbocycles. The SMILES string of the molecule is CC(=O)c1ccc(/C=C2\c3cccc(O)c3C(=O)C3C(=O)[C@]4(O)C(=O)C(C(N)=O)C(=O)[C@@H](N(C)C)[C@@H]4[C@@H](O)[C@H]23)cc1. The molecule has 3 aliphatic carbocycles. The fourth-order valence-corrected chi connectivity index (χ4v) is 6.66. The van der Waals surface area contributed by atoms with Gasteiger partial charge in [-0.3, -0.25) is 33.7 Å². The maximum atomic E-state index is 14.1. The first-order chi connectivity index (χ1) is 19.2. The van der Waals surface area contributed by atoms with Gasteiger partial charge in [0, 0.05) is 11.5 Å². The molecule has 0 aliphatic heterocycles. The van der Waals surface area contributed by atoms with Gasteiger partial charge in [0.1, 0.15) is 5.75 Å². The summed E-state index contributed by atoms with van der Waals surface area (Å²) in [5.41, 5.74) is 3.44. The van der Waals surface area contributed by atoms with Crippen LogP contribution in [0, 0.1) is 23.7 Å². The standard InChI is InChI=1S/C30H28N2O9/c1-12(33)14-9-7-13(8-10-14)11-16-15-5-4-6-17(34)18(15)24(35)20-19(16)25(36)22-23(32(2)3)26(37)21(29(31)40)28(39)30(22,41)27(20)38/h4-11,19-23,25,34,36,41H,1-3H3,(H2,31,40)/b16-11+/t19-,20?,21?,22-,23+,25+,30+/m1/s1. The molecule has 5 N–H and O–H groups in total. The Kier molecular flexibility index (Phi) is 6.64. The highest BCUT2D eigenvalue weighted by Gasteiger charge is 2.72. The summed E-state index contributed by atoms with van der Waals surface area (Å²) in [6.45, 7) is 1.41. The maximum absolute atomic E-state index is 14.1. The van der Waals surface area contributed by atoms with Gasteiger partial charge in [-0.1, -0.05) is 42.5 Å². The first-order valence-electron chi connectivity index (χ1n) is 12.9. The predicted octanol–water partition coefficient (Wildman–Crippen LogP) is 0.0385. The van der Waals surface area contributed by atoms with E-state index in [9.17, 15) is 44.1 Å². The number of hydrogen-bond acceptors (Lipinski definition) is 10. The maximum Gasteiger partial charge on any atom is 0.235 e. The molecule has 2 aromatic carbocycles. The van der Waals surface area contributed by atoms with Crippen LogP contribution in [0.15, 0.2) is 42.5 Å². The quantitative estimate of drug-likeness (QED) is 0.293. The highest BCUT2D eigenvalue weighted by atomic mass is 16.3. The normalized spacial score (nSPS) is 32.0. The summed E-state index contributed by atoms with van der Waals surface area (Å²) >= 11 is 0. The number of fused-ring (bicyclic) bond motifs is 3. The van der Waals surface area contributed by atoms with Crippen LogP contribution in [-0.2, 0) is 19.2 Å². The lowest BCUT2D eigenvalue weighted by molar-refractivity contribution is -0.192. The van der Waals surface area contributed by atoms with Gasteiger partial charge in [0.15, 0.2) is 40.4 Å². The van der Waals surface area contributed by atoms with Crippen molar-refractivity contribution in [1.82, 2.24) is 4.90 Å². The van der Waals surface area contributed by atoms with E-state index in [2.05, 4.69) is 0 Å². The third-order valence-corrected chi connectivity index (χ3v) is 8.51. The minimum absolute atomic E-state index is 0.161. The van der Waals surface area contributed by atoms with Crippen molar-refractivity contribution in [1.29, 1.82) is 0 Å². The number of nitrogens with two attached hydrogens (primary N) is 1. The van der Waals surface area contributed by atoms with Gasteiger partial charge in [-0.15, -0.1) is 0 Å². The van der Waals surface area contributed by atoms with Crippen molar-refractivity contribution in [3.63, 3.8) is 0 Å². The summed E-state index contributed by atoms with van der Waals surface area (Å²) in [6.07, 6.45) is -0.227. The van der Waals surface area contributed by atoms with Gasteiger partial charge in [0.25, 0.3) is 0 Å². The van der Waals surface area contributed by atoms with Crippen LogP contribution in [0.25, 0.3) is 11.6 Å². The monoisotopic (exact) mass is 560 g/mol. The number of Topliss-reactive ketones (excluding diaryl/α,β-unsaturated/α-hetero) is 5. The number of amides is 1. The third kappa shape index (κ3) is 3.91. The van der Waals surface area contributed by atoms with E-state index in [0.717, 1.165) is 0 Å². The van der Waals surface area contributed by atoms with E-state index in [4.69, 9.17) is 5.73 Å². The van der Waals surface area contributed by atoms with Gasteiger partial charge >= 0.3 is 0 Å². The molecule has 5 rings (SSSR count). The molecule has 41 heavy (non-hydrogen) atoms. The van der Waals surface area contributed by atoms with Gasteiger partial charge in [-0.05, 0) is 43.8 Å². The largest absolute Gasteiger partial charge is 0.507 e. The number of carbonyl (C=O) groups excluding carboxylic acids is 6. The minimum atomic E-state index is -3.09. The van der Waals surface area contributed by atoms with Crippen molar-refractivity contribution < 1.29 is 44.1 Å². The fourth-order valence-electron chi connectivity index (χ4n) is 6.66. The van der Waals surface area contributed by atoms with Gasteiger partial charge < -0.3 is 21.1 Å². The van der Waals surface area contributed by atoms with Crippen LogP contribution in [0.1, 0.15) is 38.8 Å². The second kappa shape index (κ2) is 9.65.